The van der Waals surface area contributed by atoms with E-state index in [2.05, 4.69) is 59.0 Å². The van der Waals surface area contributed by atoms with Gasteiger partial charge in [-0.3, -0.25) is 19.2 Å². The minimum Gasteiger partial charge on any atom is -0.404 e. The number of carbonyl (C=O) groups excluding carboxylic acids is 4. The van der Waals surface area contributed by atoms with Gasteiger partial charge < -0.3 is 52.5 Å². The summed E-state index contributed by atoms with van der Waals surface area (Å²) in [6, 6.07) is -4.99. The summed E-state index contributed by atoms with van der Waals surface area (Å²) in [4.78, 5) is 53.8. The number of carbonyl (C=O) groups is 4. The van der Waals surface area contributed by atoms with E-state index in [0.717, 1.165) is 32.1 Å². The standard InChI is InChI=1S/C41H79BN8O9S/c1-8-9-10-11-12-13-14-17-22-45-23-24-60(56,57)50-32(19-21-44)38(54)49-35(28(3)51)39(55)46-27(2)36(52)48-31(18-15-16-20-43)37(53)47-29(4)42-58-34-26-30-25-33(40(30,5)6)41(34,7)59-42/h27-35,45,50-51H,8-26,43-44H2,1-7H3,(H,46,55)(H,47,53)(H,48,52)(H,49,54). The minimum absolute atomic E-state index is 0.0291. The molecule has 3 saturated carbocycles. The van der Waals surface area contributed by atoms with Crippen LogP contribution in [0.3, 0.4) is 0 Å². The minimum atomic E-state index is -3.92. The van der Waals surface area contributed by atoms with Crippen LogP contribution in [-0.2, 0) is 38.5 Å². The Morgan fingerprint density at radius 3 is 2.03 bits per heavy atom. The number of amides is 4. The fourth-order valence-corrected chi connectivity index (χ4v) is 10.2. The molecule has 0 aromatic carbocycles. The molecule has 17 nitrogen and oxygen atoms in total. The molecule has 4 aliphatic rings. The van der Waals surface area contributed by atoms with Gasteiger partial charge in [-0.05, 0) is 110 Å². The van der Waals surface area contributed by atoms with E-state index in [1.165, 1.54) is 46.0 Å². The molecule has 4 fully saturated rings. The van der Waals surface area contributed by atoms with E-state index < -0.39 is 82.6 Å². The molecule has 4 rings (SSSR count). The molecule has 0 aromatic rings. The van der Waals surface area contributed by atoms with Gasteiger partial charge in [-0.15, -0.1) is 0 Å². The van der Waals surface area contributed by atoms with E-state index >= 15 is 0 Å². The van der Waals surface area contributed by atoms with Crippen molar-refractivity contribution in [1.29, 1.82) is 0 Å². The maximum atomic E-state index is 13.6. The molecule has 19 heteroatoms. The summed E-state index contributed by atoms with van der Waals surface area (Å²) in [5.41, 5.74) is 11.1. The average molecular weight is 871 g/mol. The molecule has 10 atom stereocenters. The first kappa shape index (κ1) is 52.0. The summed E-state index contributed by atoms with van der Waals surface area (Å²) in [7, 11) is -4.57. The van der Waals surface area contributed by atoms with Crippen LogP contribution >= 0.6 is 0 Å². The lowest BCUT2D eigenvalue weighted by Gasteiger charge is -2.64. The lowest BCUT2D eigenvalue weighted by molar-refractivity contribution is -0.199. The first-order valence-electron chi connectivity index (χ1n) is 22.6. The van der Waals surface area contributed by atoms with Gasteiger partial charge in [0.15, 0.2) is 0 Å². The molecule has 11 N–H and O–H groups in total. The number of rotatable bonds is 30. The second kappa shape index (κ2) is 24.5. The molecular formula is C41H79BN8O9S. The Kier molecular flexibility index (Phi) is 21.2. The highest BCUT2D eigenvalue weighted by Crippen LogP contribution is 2.65. The lowest BCUT2D eigenvalue weighted by atomic mass is 9.43. The molecule has 0 aromatic heterocycles. The summed E-state index contributed by atoms with van der Waals surface area (Å²) in [6.45, 7) is 14.6. The molecule has 1 aliphatic heterocycles. The number of unbranched alkanes of at least 4 members (excludes halogenated alkanes) is 8. The molecule has 346 valence electrons. The van der Waals surface area contributed by atoms with Gasteiger partial charge in [0.1, 0.15) is 24.2 Å². The summed E-state index contributed by atoms with van der Waals surface area (Å²) >= 11 is 0. The van der Waals surface area contributed by atoms with Crippen molar-refractivity contribution in [3.63, 3.8) is 0 Å². The van der Waals surface area contributed by atoms with Crippen LogP contribution in [0.25, 0.3) is 0 Å². The van der Waals surface area contributed by atoms with Gasteiger partial charge in [0, 0.05) is 6.54 Å². The van der Waals surface area contributed by atoms with Gasteiger partial charge in [0.25, 0.3) is 0 Å². The molecule has 4 amide bonds. The number of nitrogens with one attached hydrogen (secondary N) is 6. The summed E-state index contributed by atoms with van der Waals surface area (Å²) in [5.74, 6) is -2.70. The quantitative estimate of drug-likeness (QED) is 0.0363. The van der Waals surface area contributed by atoms with Gasteiger partial charge >= 0.3 is 7.12 Å². The average Bonchev–Trinajstić information content (AvgIpc) is 3.55. The highest BCUT2D eigenvalue weighted by molar-refractivity contribution is 7.89. The molecule has 0 spiro atoms. The number of aliphatic hydroxyl groups excluding tert-OH is 1. The van der Waals surface area contributed by atoms with E-state index in [1.54, 1.807) is 0 Å². The van der Waals surface area contributed by atoms with Crippen molar-refractivity contribution in [2.75, 3.05) is 31.9 Å². The summed E-state index contributed by atoms with van der Waals surface area (Å²) < 4.78 is 41.1. The van der Waals surface area contributed by atoms with Crippen LogP contribution in [0.15, 0.2) is 0 Å². The van der Waals surface area contributed by atoms with E-state index in [-0.39, 0.29) is 43.2 Å². The SMILES string of the molecule is CCCCCCCCCCNCCS(=O)(=O)NC(CCN)C(=O)NC(C(=O)NC(C)C(=O)NC(CCCCN)C(=O)NC(C)B1OC2CC3CC(C3(C)C)C2(C)O1)C(C)O. The number of hydrogen-bond donors (Lipinski definition) is 9. The second-order valence-corrected chi connectivity index (χ2v) is 20.1. The highest BCUT2D eigenvalue weighted by Gasteiger charge is 2.68. The van der Waals surface area contributed by atoms with Gasteiger partial charge in [-0.1, -0.05) is 65.7 Å². The van der Waals surface area contributed by atoms with Crippen LogP contribution in [0.5, 0.6) is 0 Å². The van der Waals surface area contributed by atoms with E-state index in [1.807, 2.05) is 6.92 Å². The van der Waals surface area contributed by atoms with E-state index in [0.29, 0.717) is 37.8 Å². The maximum Gasteiger partial charge on any atom is 0.481 e. The predicted octanol–water partition coefficient (Wildman–Crippen LogP) is 1.11. The normalized spacial score (nSPS) is 24.8. The Bertz CT molecular complexity index is 1490. The molecule has 3 aliphatic carbocycles. The zero-order valence-electron chi connectivity index (χ0n) is 37.5. The largest absolute Gasteiger partial charge is 0.481 e. The van der Waals surface area contributed by atoms with E-state index in [9.17, 15) is 32.7 Å². The van der Waals surface area contributed by atoms with Crippen LogP contribution < -0.4 is 42.8 Å². The molecular weight excluding hydrogens is 791 g/mol. The number of hydrogen-bond acceptors (Lipinski definition) is 12. The topological polar surface area (TPSA) is 265 Å². The first-order valence-corrected chi connectivity index (χ1v) is 24.3. The van der Waals surface area contributed by atoms with Crippen molar-refractivity contribution < 1.29 is 42.0 Å². The zero-order chi connectivity index (χ0) is 44.7. The Hall–Kier alpha value is -2.39. The molecule has 60 heavy (non-hydrogen) atoms. The van der Waals surface area contributed by atoms with Crippen LogP contribution in [-0.4, -0.2) is 124 Å². The van der Waals surface area contributed by atoms with Gasteiger partial charge in [-0.25, -0.2) is 13.1 Å². The van der Waals surface area contributed by atoms with Crippen LogP contribution in [0, 0.1) is 17.3 Å². The second-order valence-electron chi connectivity index (χ2n) is 18.2. The number of aliphatic hydroxyl groups is 1. The smallest absolute Gasteiger partial charge is 0.404 e. The van der Waals surface area contributed by atoms with Crippen molar-refractivity contribution >= 4 is 40.8 Å². The number of nitrogens with two attached hydrogens (primary N) is 2. The van der Waals surface area contributed by atoms with Gasteiger partial charge in [0.05, 0.1) is 29.5 Å². The van der Waals surface area contributed by atoms with Crippen LogP contribution in [0.4, 0.5) is 0 Å². The maximum absolute atomic E-state index is 13.6. The van der Waals surface area contributed by atoms with Gasteiger partial charge in [0.2, 0.25) is 33.7 Å². The predicted molar refractivity (Wildman–Crippen MR) is 234 cm³/mol. The third-order valence-electron chi connectivity index (χ3n) is 13.0. The van der Waals surface area contributed by atoms with Crippen molar-refractivity contribution in [1.82, 2.24) is 31.3 Å². The first-order chi connectivity index (χ1) is 28.3. The Labute approximate surface area is 360 Å². The van der Waals surface area contributed by atoms with Gasteiger partial charge in [-0.2, -0.15) is 0 Å². The zero-order valence-corrected chi connectivity index (χ0v) is 38.3. The molecule has 10 unspecified atom stereocenters. The molecule has 1 heterocycles. The fourth-order valence-electron chi connectivity index (χ4n) is 8.99. The monoisotopic (exact) mass is 871 g/mol. The summed E-state index contributed by atoms with van der Waals surface area (Å²) in [6.07, 6.45) is 11.3. The number of sulfonamides is 1. The summed E-state index contributed by atoms with van der Waals surface area (Å²) in [5, 5.41) is 24.3. The van der Waals surface area contributed by atoms with E-state index in [4.69, 9.17) is 20.8 Å². The van der Waals surface area contributed by atoms with Crippen molar-refractivity contribution in [2.45, 2.75) is 186 Å². The lowest BCUT2D eigenvalue weighted by Crippen LogP contribution is -2.65. The Morgan fingerprint density at radius 1 is 0.767 bits per heavy atom. The highest BCUT2D eigenvalue weighted by atomic mass is 32.2. The Balaban J connectivity index is 1.51. The van der Waals surface area contributed by atoms with Crippen LogP contribution in [0.2, 0.25) is 0 Å². The van der Waals surface area contributed by atoms with Crippen molar-refractivity contribution in [3.8, 4) is 0 Å². The van der Waals surface area contributed by atoms with Crippen LogP contribution in [0.1, 0.15) is 138 Å². The Morgan fingerprint density at radius 2 is 1.42 bits per heavy atom. The fraction of sp³-hybridized carbons (Fsp3) is 0.902. The third kappa shape index (κ3) is 14.9. The van der Waals surface area contributed by atoms with Crippen molar-refractivity contribution in [2.24, 2.45) is 28.7 Å². The molecule has 1 saturated heterocycles. The van der Waals surface area contributed by atoms with Crippen molar-refractivity contribution in [3.05, 3.63) is 0 Å². The molecule has 0 radical (unpaired) electrons. The molecule has 2 bridgehead atoms. The third-order valence-corrected chi connectivity index (χ3v) is 14.4.